The fourth-order valence-electron chi connectivity index (χ4n) is 16.1. The van der Waals surface area contributed by atoms with Gasteiger partial charge in [0, 0.05) is 84.6 Å². The first kappa shape index (κ1) is 62.4. The maximum atomic E-state index is 14.2. The van der Waals surface area contributed by atoms with Gasteiger partial charge in [0.15, 0.2) is 17.5 Å². The lowest BCUT2D eigenvalue weighted by Gasteiger charge is -2.66. The fourth-order valence-corrected chi connectivity index (χ4v) is 16.1. The zero-order valence-corrected chi connectivity index (χ0v) is 50.9. The van der Waals surface area contributed by atoms with E-state index in [-0.39, 0.29) is 107 Å². The number of carbonyl (C=O) groups is 3. The Morgan fingerprint density at radius 2 is 1.08 bits per heavy atom. The number of ether oxygens (including phenoxy) is 5. The summed E-state index contributed by atoms with van der Waals surface area (Å²) in [5.74, 6) is -7.68. The average Bonchev–Trinajstić information content (AvgIpc) is 2.52. The lowest BCUT2D eigenvalue weighted by molar-refractivity contribution is -0.257. The van der Waals surface area contributed by atoms with Crippen LogP contribution in [0.5, 0.6) is 11.5 Å². The number of esters is 3. The predicted molar refractivity (Wildman–Crippen MR) is 307 cm³/mol. The van der Waals surface area contributed by atoms with Gasteiger partial charge in [-0.15, -0.1) is 24.0 Å². The SMILES string of the molecule is CC(=O)OC[C@@]1(C)C2C[C@H](O)[C@@]3(C)Oc4cc(-c5cccnc5)oc(=O)c4[C@H](O)C3[C@@]2(C)CC[C@@H]1C.CC(=O)OC[C@]1(C)C2C[C@H](OC(=O)c3cc(F)c(F)c(F)c3)[C@@]3(C)Oc4cc(-c5cccnc5)oc(=O)c4[C@H](O)C3[C@@]2(C)CC[C@@H]1C.I. The van der Waals surface area contributed by atoms with E-state index in [0.29, 0.717) is 42.5 Å². The van der Waals surface area contributed by atoms with E-state index in [1.165, 1.54) is 26.1 Å². The number of benzene rings is 1. The highest BCUT2D eigenvalue weighted by Crippen LogP contribution is 2.70. The monoisotopic (exact) mass is 1280 g/mol. The molecule has 0 spiro atoms. The number of hydrogen-bond donors (Lipinski definition) is 3. The maximum Gasteiger partial charge on any atom is 0.345 e. The lowest BCUT2D eigenvalue weighted by Crippen LogP contribution is -2.70. The van der Waals surface area contributed by atoms with Crippen molar-refractivity contribution in [1.29, 1.82) is 0 Å². The third-order valence-electron chi connectivity index (χ3n) is 20.9. The van der Waals surface area contributed by atoms with Gasteiger partial charge in [0.05, 0.1) is 37.1 Å². The molecule has 4 saturated carbocycles. The van der Waals surface area contributed by atoms with E-state index in [1.54, 1.807) is 55.8 Å². The summed E-state index contributed by atoms with van der Waals surface area (Å²) in [6, 6.07) is 11.1. The van der Waals surface area contributed by atoms with Crippen molar-refractivity contribution in [2.75, 3.05) is 13.2 Å². The summed E-state index contributed by atoms with van der Waals surface area (Å²) in [5, 5.41) is 35.5. The van der Waals surface area contributed by atoms with Crippen LogP contribution in [0.15, 0.2) is 91.7 Å². The molecule has 4 fully saturated rings. The Morgan fingerprint density at radius 1 is 0.655 bits per heavy atom. The summed E-state index contributed by atoms with van der Waals surface area (Å²) in [7, 11) is 0. The first-order chi connectivity index (χ1) is 39.0. The number of fused-ring (bicyclic) bond motifs is 8. The normalized spacial score (nSPS) is 35.1. The fraction of sp³-hybridized carbons (Fsp3) is 0.540. The van der Waals surface area contributed by atoms with Gasteiger partial charge in [0.1, 0.15) is 51.5 Å². The van der Waals surface area contributed by atoms with Crippen molar-refractivity contribution < 1.29 is 75.4 Å². The van der Waals surface area contributed by atoms with E-state index in [4.69, 9.17) is 32.5 Å². The van der Waals surface area contributed by atoms with Crippen LogP contribution < -0.4 is 20.7 Å². The molecular formula is C63H72F3IN2O15. The van der Waals surface area contributed by atoms with E-state index in [1.807, 2.05) is 27.7 Å². The smallest absolute Gasteiger partial charge is 0.345 e. The Balaban J connectivity index is 0.000000206. The molecule has 11 rings (SSSR count). The molecule has 16 atom stereocenters. The van der Waals surface area contributed by atoms with Crippen molar-refractivity contribution in [2.45, 2.75) is 143 Å². The highest BCUT2D eigenvalue weighted by Gasteiger charge is 2.71. The number of aliphatic hydroxyl groups is 3. The Morgan fingerprint density at radius 3 is 1.51 bits per heavy atom. The van der Waals surface area contributed by atoms with Crippen LogP contribution in [-0.2, 0) is 23.8 Å². The number of hydrogen-bond acceptors (Lipinski definition) is 17. The van der Waals surface area contributed by atoms with Crippen molar-refractivity contribution >= 4 is 41.9 Å². The number of aromatic nitrogens is 2. The molecule has 4 aliphatic carbocycles. The highest BCUT2D eigenvalue weighted by molar-refractivity contribution is 14.0. The molecule has 21 heteroatoms. The zero-order valence-electron chi connectivity index (χ0n) is 48.5. The van der Waals surface area contributed by atoms with Crippen LogP contribution in [0.4, 0.5) is 13.2 Å². The van der Waals surface area contributed by atoms with Crippen LogP contribution in [0.25, 0.3) is 22.6 Å². The predicted octanol–water partition coefficient (Wildman–Crippen LogP) is 10.7. The first-order valence-electron chi connectivity index (χ1n) is 28.2. The van der Waals surface area contributed by atoms with E-state index in [2.05, 4.69) is 30.7 Å². The molecule has 6 heterocycles. The largest absolute Gasteiger partial charge is 0.484 e. The number of pyridine rings is 2. The first-order valence-corrected chi connectivity index (χ1v) is 28.2. The van der Waals surface area contributed by atoms with Gasteiger partial charge in [-0.2, -0.15) is 0 Å². The minimum atomic E-state index is -1.72. The third-order valence-corrected chi connectivity index (χ3v) is 20.9. The van der Waals surface area contributed by atoms with E-state index in [9.17, 15) is 52.5 Å². The van der Waals surface area contributed by atoms with Gasteiger partial charge in [0.25, 0.3) is 0 Å². The van der Waals surface area contributed by atoms with Gasteiger partial charge < -0.3 is 47.8 Å². The second kappa shape index (κ2) is 22.6. The summed E-state index contributed by atoms with van der Waals surface area (Å²) in [6.07, 6.45) is 5.13. The number of rotatable bonds is 8. The van der Waals surface area contributed by atoms with Crippen molar-refractivity contribution in [2.24, 2.45) is 57.2 Å². The standard InChI is InChI=1S/C35H36F3NO8.C28H35NO7.HI/c1-17-8-9-33(3)25(34(17,4)16-44-18(2)40)14-26(46-31(42)20-11-21(36)28(38)22(37)12-20)35(5)30(33)29(41)27-24(47-35)13-23(45-32(27)43)19-7-6-10-39-15-19;1-15-8-9-26(3)20(27(15,4)14-34-16(2)30)12-21(31)28(5)24(26)23(32)22-19(36-28)11-18(35-25(22)33)17-7-6-10-29-13-17;/h6-7,10-13,15,17,25-26,29-30,41H,8-9,14,16H2,1-5H3;6-7,10-11,13,15,20-21,23-24,31-32H,8-9,12,14H2,1-5H3;1H/t17-,25?,26-,29-,30?,33-,34-,35+;15-,20?,21-,23-,24?,26-,27+,28+;/m00./s1. The molecule has 0 radical (unpaired) electrons. The minimum absolute atomic E-state index is 0. The molecule has 2 aliphatic heterocycles. The molecule has 452 valence electrons. The summed E-state index contributed by atoms with van der Waals surface area (Å²) in [6.45, 7) is 18.9. The topological polar surface area (TPSA) is 244 Å². The average molecular weight is 1280 g/mol. The summed E-state index contributed by atoms with van der Waals surface area (Å²) < 4.78 is 83.5. The Labute approximate surface area is 501 Å². The van der Waals surface area contributed by atoms with Gasteiger partial charge in [-0.3, -0.25) is 19.6 Å². The molecule has 6 aliphatic rings. The van der Waals surface area contributed by atoms with E-state index < -0.39 is 115 Å². The third kappa shape index (κ3) is 10.2. The van der Waals surface area contributed by atoms with Crippen LogP contribution in [0.1, 0.15) is 141 Å². The van der Waals surface area contributed by atoms with Crippen LogP contribution in [0.2, 0.25) is 0 Å². The molecule has 4 unspecified atom stereocenters. The Bertz CT molecular complexity index is 3460. The van der Waals surface area contributed by atoms with Crippen LogP contribution in [-0.4, -0.2) is 79.8 Å². The Hall–Kier alpha value is -6.17. The number of aliphatic hydroxyl groups excluding tert-OH is 3. The molecule has 0 saturated heterocycles. The summed E-state index contributed by atoms with van der Waals surface area (Å²) in [5.41, 5.74) is -5.84. The van der Waals surface area contributed by atoms with Crippen molar-refractivity contribution in [1.82, 2.24) is 9.97 Å². The summed E-state index contributed by atoms with van der Waals surface area (Å²) >= 11 is 0. The van der Waals surface area contributed by atoms with E-state index >= 15 is 0 Å². The van der Waals surface area contributed by atoms with Gasteiger partial charge in [-0.1, -0.05) is 41.5 Å². The molecule has 5 aromatic rings. The van der Waals surface area contributed by atoms with Crippen molar-refractivity contribution in [3.8, 4) is 34.1 Å². The van der Waals surface area contributed by atoms with Gasteiger partial charge in [-0.25, -0.2) is 27.6 Å². The Kier molecular flexibility index (Phi) is 16.8. The maximum absolute atomic E-state index is 14.2. The van der Waals surface area contributed by atoms with Crippen molar-refractivity contribution in [3.63, 3.8) is 0 Å². The van der Waals surface area contributed by atoms with Gasteiger partial charge >= 0.3 is 29.2 Å². The zero-order chi connectivity index (χ0) is 60.1. The van der Waals surface area contributed by atoms with Crippen LogP contribution >= 0.6 is 24.0 Å². The molecule has 0 amide bonds. The second-order valence-electron chi connectivity index (χ2n) is 25.5. The van der Waals surface area contributed by atoms with Gasteiger partial charge in [0.2, 0.25) is 0 Å². The number of nitrogens with zero attached hydrogens (tertiary/aromatic N) is 2. The lowest BCUT2D eigenvalue weighted by atomic mass is 9.41. The highest BCUT2D eigenvalue weighted by atomic mass is 127. The molecule has 0 bridgehead atoms. The quantitative estimate of drug-likeness (QED) is 0.0566. The van der Waals surface area contributed by atoms with Crippen LogP contribution in [0, 0.1) is 74.6 Å². The molecule has 4 aromatic heterocycles. The molecule has 17 nitrogen and oxygen atoms in total. The minimum Gasteiger partial charge on any atom is -0.484 e. The van der Waals surface area contributed by atoms with Gasteiger partial charge in [-0.05, 0) is 123 Å². The second-order valence-corrected chi connectivity index (χ2v) is 25.5. The molecular weight excluding hydrogens is 1210 g/mol. The summed E-state index contributed by atoms with van der Waals surface area (Å²) in [4.78, 5) is 72.1. The van der Waals surface area contributed by atoms with E-state index in [0.717, 1.165) is 12.8 Å². The van der Waals surface area contributed by atoms with Crippen LogP contribution in [0.3, 0.4) is 0 Å². The number of carbonyl (C=O) groups excluding carboxylic acids is 3. The molecule has 3 N–H and O–H groups in total. The molecule has 84 heavy (non-hydrogen) atoms. The molecule has 1 aromatic carbocycles. The number of halogens is 4. The van der Waals surface area contributed by atoms with Crippen molar-refractivity contribution in [3.05, 3.63) is 128 Å².